The highest BCUT2D eigenvalue weighted by molar-refractivity contribution is 7.89. The van der Waals surface area contributed by atoms with Crippen LogP contribution >= 0.6 is 23.2 Å². The Bertz CT molecular complexity index is 1110. The SMILES string of the molecule is CC(C)S(=O)(=O)N1CCC2(CC1)c1ccccc1CC2NC(=O)c1ccc(Cl)cc1Cl. The van der Waals surface area contributed by atoms with Crippen molar-refractivity contribution < 1.29 is 13.2 Å². The van der Waals surface area contributed by atoms with Crippen molar-refractivity contribution >= 4 is 39.1 Å². The summed E-state index contributed by atoms with van der Waals surface area (Å²) in [5.74, 6) is -0.240. The molecule has 5 nitrogen and oxygen atoms in total. The molecule has 1 heterocycles. The summed E-state index contributed by atoms with van der Waals surface area (Å²) in [7, 11) is -3.30. The summed E-state index contributed by atoms with van der Waals surface area (Å²) < 4.78 is 26.9. The van der Waals surface area contributed by atoms with Gasteiger partial charge in [0.2, 0.25) is 10.0 Å². The quantitative estimate of drug-likeness (QED) is 0.703. The molecule has 1 aliphatic heterocycles. The number of sulfonamides is 1. The first kappa shape index (κ1) is 22.6. The van der Waals surface area contributed by atoms with E-state index in [1.54, 1.807) is 36.4 Å². The molecule has 1 fully saturated rings. The highest BCUT2D eigenvalue weighted by atomic mass is 35.5. The van der Waals surface area contributed by atoms with Crippen molar-refractivity contribution in [3.05, 3.63) is 69.2 Å². The third-order valence-electron chi connectivity index (χ3n) is 6.70. The van der Waals surface area contributed by atoms with Gasteiger partial charge >= 0.3 is 0 Å². The van der Waals surface area contributed by atoms with E-state index in [0.29, 0.717) is 48.0 Å². The molecular formula is C23H26Cl2N2O3S. The van der Waals surface area contributed by atoms with Gasteiger partial charge in [0.25, 0.3) is 5.91 Å². The number of nitrogens with one attached hydrogen (secondary N) is 1. The minimum atomic E-state index is -3.30. The van der Waals surface area contributed by atoms with E-state index < -0.39 is 15.3 Å². The van der Waals surface area contributed by atoms with E-state index in [9.17, 15) is 13.2 Å². The Hall–Kier alpha value is -1.60. The number of piperidine rings is 1. The van der Waals surface area contributed by atoms with E-state index in [2.05, 4.69) is 17.4 Å². The summed E-state index contributed by atoms with van der Waals surface area (Å²) in [4.78, 5) is 13.1. The average Bonchev–Trinajstić information content (AvgIpc) is 3.01. The molecule has 0 aromatic heterocycles. The fourth-order valence-electron chi connectivity index (χ4n) is 4.94. The lowest BCUT2D eigenvalue weighted by molar-refractivity contribution is 0.0897. The van der Waals surface area contributed by atoms with Gasteiger partial charge in [0, 0.05) is 29.6 Å². The molecule has 0 saturated carbocycles. The molecule has 166 valence electrons. The Morgan fingerprint density at radius 2 is 1.81 bits per heavy atom. The van der Waals surface area contributed by atoms with Gasteiger partial charge in [0.1, 0.15) is 0 Å². The third kappa shape index (κ3) is 3.99. The molecule has 1 aliphatic carbocycles. The van der Waals surface area contributed by atoms with Crippen LogP contribution in [-0.4, -0.2) is 43.0 Å². The molecule has 31 heavy (non-hydrogen) atoms. The van der Waals surface area contributed by atoms with E-state index >= 15 is 0 Å². The van der Waals surface area contributed by atoms with Crippen LogP contribution in [0.5, 0.6) is 0 Å². The summed E-state index contributed by atoms with van der Waals surface area (Å²) >= 11 is 12.2. The number of fused-ring (bicyclic) bond motifs is 2. The van der Waals surface area contributed by atoms with Gasteiger partial charge in [-0.05, 0) is 62.4 Å². The largest absolute Gasteiger partial charge is 0.348 e. The number of amides is 1. The molecule has 1 unspecified atom stereocenters. The maximum Gasteiger partial charge on any atom is 0.253 e. The number of carbonyl (C=O) groups is 1. The van der Waals surface area contributed by atoms with E-state index in [-0.39, 0.29) is 17.4 Å². The summed E-state index contributed by atoms with van der Waals surface area (Å²) in [5, 5.41) is 3.55. The minimum absolute atomic E-state index is 0.131. The fourth-order valence-corrected chi connectivity index (χ4v) is 6.72. The van der Waals surface area contributed by atoms with Gasteiger partial charge < -0.3 is 5.32 Å². The van der Waals surface area contributed by atoms with Crippen molar-refractivity contribution in [1.29, 1.82) is 0 Å². The van der Waals surface area contributed by atoms with Gasteiger partial charge in [-0.3, -0.25) is 4.79 Å². The van der Waals surface area contributed by atoms with Crippen LogP contribution < -0.4 is 5.32 Å². The van der Waals surface area contributed by atoms with Crippen molar-refractivity contribution in [3.63, 3.8) is 0 Å². The number of hydrogen-bond acceptors (Lipinski definition) is 3. The second-order valence-electron chi connectivity index (χ2n) is 8.66. The van der Waals surface area contributed by atoms with Crippen molar-refractivity contribution in [1.82, 2.24) is 9.62 Å². The molecule has 1 saturated heterocycles. The number of carbonyl (C=O) groups excluding carboxylic acids is 1. The maximum absolute atomic E-state index is 13.1. The highest BCUT2D eigenvalue weighted by Gasteiger charge is 2.50. The Morgan fingerprint density at radius 3 is 2.45 bits per heavy atom. The molecule has 2 aromatic carbocycles. The normalized spacial score (nSPS) is 20.7. The van der Waals surface area contributed by atoms with Crippen LogP contribution in [0.3, 0.4) is 0 Å². The zero-order valence-electron chi connectivity index (χ0n) is 17.6. The minimum Gasteiger partial charge on any atom is -0.348 e. The standard InChI is InChI=1S/C23H26Cl2N2O3S/c1-15(2)31(29,30)27-11-9-23(10-12-27)19-6-4-3-5-16(19)13-21(23)26-22(28)18-8-7-17(24)14-20(18)25/h3-8,14-15,21H,9-13H2,1-2H3,(H,26,28). The molecule has 1 N–H and O–H groups in total. The average molecular weight is 481 g/mol. The predicted molar refractivity (Wildman–Crippen MR) is 124 cm³/mol. The molecule has 0 bridgehead atoms. The van der Waals surface area contributed by atoms with E-state index in [4.69, 9.17) is 23.2 Å². The first-order valence-electron chi connectivity index (χ1n) is 10.5. The maximum atomic E-state index is 13.1. The second kappa shape index (κ2) is 8.39. The number of hydrogen-bond donors (Lipinski definition) is 1. The van der Waals surface area contributed by atoms with Crippen molar-refractivity contribution in [3.8, 4) is 0 Å². The van der Waals surface area contributed by atoms with Crippen LogP contribution in [0.1, 0.15) is 48.2 Å². The van der Waals surface area contributed by atoms with Crippen molar-refractivity contribution in [2.45, 2.75) is 49.8 Å². The van der Waals surface area contributed by atoms with E-state index in [1.807, 2.05) is 12.1 Å². The Morgan fingerprint density at radius 1 is 1.13 bits per heavy atom. The summed E-state index contributed by atoms with van der Waals surface area (Å²) in [6.07, 6.45) is 2.04. The lowest BCUT2D eigenvalue weighted by Gasteiger charge is -2.44. The molecule has 0 radical (unpaired) electrons. The molecule has 2 aromatic rings. The first-order valence-corrected chi connectivity index (χ1v) is 12.7. The molecule has 1 atom stereocenters. The highest BCUT2D eigenvalue weighted by Crippen LogP contribution is 2.47. The molecule has 1 amide bonds. The molecule has 1 spiro atoms. The Kier molecular flexibility index (Phi) is 6.12. The fraction of sp³-hybridized carbons (Fsp3) is 0.435. The van der Waals surface area contributed by atoms with E-state index in [0.717, 1.165) is 0 Å². The zero-order valence-corrected chi connectivity index (χ0v) is 19.9. The van der Waals surface area contributed by atoms with Crippen LogP contribution in [0.4, 0.5) is 0 Å². The number of rotatable bonds is 4. The summed E-state index contributed by atoms with van der Waals surface area (Å²) in [6, 6.07) is 12.9. The van der Waals surface area contributed by atoms with Crippen LogP contribution in [-0.2, 0) is 21.9 Å². The van der Waals surface area contributed by atoms with Gasteiger partial charge in [-0.25, -0.2) is 12.7 Å². The first-order chi connectivity index (χ1) is 14.6. The Balaban J connectivity index is 1.62. The van der Waals surface area contributed by atoms with Crippen LogP contribution in [0.2, 0.25) is 10.0 Å². The van der Waals surface area contributed by atoms with Gasteiger partial charge in [-0.15, -0.1) is 0 Å². The lowest BCUT2D eigenvalue weighted by Crippen LogP contribution is -2.55. The van der Waals surface area contributed by atoms with Gasteiger partial charge in [0.05, 0.1) is 15.8 Å². The monoisotopic (exact) mass is 480 g/mol. The third-order valence-corrected chi connectivity index (χ3v) is 9.52. The predicted octanol–water partition coefficient (Wildman–Crippen LogP) is 4.42. The number of benzene rings is 2. The topological polar surface area (TPSA) is 66.5 Å². The second-order valence-corrected chi connectivity index (χ2v) is 12.0. The van der Waals surface area contributed by atoms with Crippen LogP contribution in [0.25, 0.3) is 0 Å². The molecule has 8 heteroatoms. The van der Waals surface area contributed by atoms with Gasteiger partial charge in [-0.1, -0.05) is 47.5 Å². The van der Waals surface area contributed by atoms with Crippen molar-refractivity contribution in [2.75, 3.05) is 13.1 Å². The van der Waals surface area contributed by atoms with Crippen LogP contribution in [0.15, 0.2) is 42.5 Å². The number of halogens is 2. The number of nitrogens with zero attached hydrogens (tertiary/aromatic N) is 1. The zero-order chi connectivity index (χ0) is 22.4. The summed E-state index contributed by atoms with van der Waals surface area (Å²) in [5.41, 5.74) is 2.50. The van der Waals surface area contributed by atoms with Gasteiger partial charge in [0.15, 0.2) is 0 Å². The van der Waals surface area contributed by atoms with Crippen LogP contribution in [0, 0.1) is 0 Å². The summed E-state index contributed by atoms with van der Waals surface area (Å²) in [6.45, 7) is 4.32. The Labute approximate surface area is 193 Å². The van der Waals surface area contributed by atoms with E-state index in [1.165, 1.54) is 11.1 Å². The smallest absolute Gasteiger partial charge is 0.253 e. The molecular weight excluding hydrogens is 455 g/mol. The molecule has 4 rings (SSSR count). The lowest BCUT2D eigenvalue weighted by atomic mass is 9.71. The molecule has 2 aliphatic rings. The van der Waals surface area contributed by atoms with Crippen molar-refractivity contribution in [2.24, 2.45) is 0 Å². The van der Waals surface area contributed by atoms with Gasteiger partial charge in [-0.2, -0.15) is 0 Å².